The molecule has 0 saturated carbocycles. The van der Waals surface area contributed by atoms with Gasteiger partial charge in [-0.05, 0) is 36.6 Å². The largest absolute Gasteiger partial charge is 0.356 e. The Labute approximate surface area is 174 Å². The summed E-state index contributed by atoms with van der Waals surface area (Å²) < 4.78 is 3.16. The molecule has 3 rings (SSSR count). The molecule has 2 heterocycles. The Hall–Kier alpha value is -2.35. The topological polar surface area (TPSA) is 74.6 Å². The predicted molar refractivity (Wildman–Crippen MR) is 115 cm³/mol. The van der Waals surface area contributed by atoms with E-state index in [1.807, 2.05) is 43.0 Å². The number of nitrogens with zero attached hydrogens (tertiary/aromatic N) is 4. The monoisotopic (exact) mass is 446 g/mol. The van der Waals surface area contributed by atoms with Crippen LogP contribution in [0.25, 0.3) is 0 Å². The average Bonchev–Trinajstić information content (AvgIpc) is 3.22. The molecule has 1 aliphatic heterocycles. The van der Waals surface area contributed by atoms with Gasteiger partial charge in [-0.15, -0.1) is 0 Å². The number of aliphatic imine (C=N–C) groups is 1. The second kappa shape index (κ2) is 9.73. The molecule has 2 atom stereocenters. The van der Waals surface area contributed by atoms with Crippen LogP contribution in [-0.2, 0) is 4.79 Å². The summed E-state index contributed by atoms with van der Waals surface area (Å²) in [7, 11) is 1.79. The lowest BCUT2D eigenvalue weighted by Gasteiger charge is -2.39. The van der Waals surface area contributed by atoms with E-state index >= 15 is 0 Å². The summed E-state index contributed by atoms with van der Waals surface area (Å²) in [6.07, 6.45) is 7.20. The Kier molecular flexibility index (Phi) is 7.08. The first kappa shape index (κ1) is 20.4. The van der Waals surface area contributed by atoms with Crippen LogP contribution >= 0.6 is 15.9 Å². The van der Waals surface area contributed by atoms with Crippen molar-refractivity contribution < 1.29 is 4.79 Å². The minimum absolute atomic E-state index is 0.0196. The third-order valence-corrected chi connectivity index (χ3v) is 5.63. The molecule has 0 aliphatic carbocycles. The van der Waals surface area contributed by atoms with Crippen molar-refractivity contribution >= 4 is 33.5 Å². The summed E-state index contributed by atoms with van der Waals surface area (Å²) in [5.74, 6) is 1.41. The molecule has 2 N–H and O–H groups in total. The number of hydrogen-bond donors (Lipinski definition) is 2. The van der Waals surface area contributed by atoms with E-state index < -0.39 is 0 Å². The fraction of sp³-hybridized carbons (Fsp3) is 0.450. The zero-order chi connectivity index (χ0) is 19.9. The highest BCUT2D eigenvalue weighted by Gasteiger charge is 2.28. The van der Waals surface area contributed by atoms with Gasteiger partial charge < -0.3 is 20.1 Å². The molecule has 0 bridgehead atoms. The number of anilines is 1. The molecule has 1 aromatic carbocycles. The number of piperidine rings is 1. The van der Waals surface area contributed by atoms with Crippen LogP contribution in [0.3, 0.4) is 0 Å². The van der Waals surface area contributed by atoms with Crippen LogP contribution in [0.4, 0.5) is 5.69 Å². The van der Waals surface area contributed by atoms with Crippen LogP contribution in [0.15, 0.2) is 52.5 Å². The van der Waals surface area contributed by atoms with E-state index in [4.69, 9.17) is 0 Å². The highest BCUT2D eigenvalue weighted by Crippen LogP contribution is 2.27. The van der Waals surface area contributed by atoms with Crippen molar-refractivity contribution in [3.8, 4) is 0 Å². The van der Waals surface area contributed by atoms with Crippen LogP contribution in [0, 0.1) is 5.92 Å². The van der Waals surface area contributed by atoms with Gasteiger partial charge in [-0.1, -0.05) is 22.9 Å². The van der Waals surface area contributed by atoms with Crippen molar-refractivity contribution in [1.29, 1.82) is 0 Å². The highest BCUT2D eigenvalue weighted by molar-refractivity contribution is 9.10. The number of likely N-dealkylation sites (tertiary alicyclic amines) is 1. The molecule has 2 unspecified atom stereocenters. The molecule has 7 nitrogen and oxygen atoms in total. The first-order chi connectivity index (χ1) is 13.6. The second-order valence-corrected chi connectivity index (χ2v) is 7.98. The summed E-state index contributed by atoms with van der Waals surface area (Å²) in [6.45, 7) is 4.65. The molecule has 150 valence electrons. The number of amides is 1. The summed E-state index contributed by atoms with van der Waals surface area (Å²) in [5, 5.41) is 6.24. The molecule has 1 fully saturated rings. The van der Waals surface area contributed by atoms with Crippen molar-refractivity contribution in [3.05, 3.63) is 47.5 Å². The molecular weight excluding hydrogens is 420 g/mol. The number of carbonyl (C=O) groups excluding carboxylic acids is 1. The maximum Gasteiger partial charge on any atom is 0.226 e. The van der Waals surface area contributed by atoms with E-state index in [2.05, 4.69) is 52.9 Å². The molecule has 1 saturated heterocycles. The zero-order valence-electron chi connectivity index (χ0n) is 16.3. The Bertz CT molecular complexity index is 790. The van der Waals surface area contributed by atoms with Gasteiger partial charge in [0.25, 0.3) is 0 Å². The standard InChI is InChI=1S/C20H27BrN6O/c1-15-8-11-26(13-18(15)27-12-10-23-14-27)20(22-2)24-9-7-19(28)25-17-5-3-16(21)4-6-17/h3-6,10,12,14-15,18H,7-9,11,13H2,1-2H3,(H,22,24)(H,25,28). The number of carbonyl (C=O) groups is 1. The summed E-state index contributed by atoms with van der Waals surface area (Å²) in [4.78, 5) is 23.0. The van der Waals surface area contributed by atoms with Gasteiger partial charge in [0.05, 0.1) is 12.4 Å². The van der Waals surface area contributed by atoms with Gasteiger partial charge in [-0.3, -0.25) is 9.79 Å². The van der Waals surface area contributed by atoms with Crippen molar-refractivity contribution in [3.63, 3.8) is 0 Å². The Morgan fingerprint density at radius 3 is 2.82 bits per heavy atom. The Balaban J connectivity index is 1.49. The minimum atomic E-state index is -0.0196. The molecular formula is C20H27BrN6O. The third kappa shape index (κ3) is 5.34. The number of rotatable bonds is 5. The van der Waals surface area contributed by atoms with E-state index in [9.17, 15) is 4.79 Å². The lowest BCUT2D eigenvalue weighted by atomic mass is 9.93. The molecule has 1 aromatic heterocycles. The molecule has 1 amide bonds. The quantitative estimate of drug-likeness (QED) is 0.546. The van der Waals surface area contributed by atoms with Crippen LogP contribution in [0.5, 0.6) is 0 Å². The van der Waals surface area contributed by atoms with Crippen molar-refractivity contribution in [2.24, 2.45) is 10.9 Å². The molecule has 2 aromatic rings. The van der Waals surface area contributed by atoms with Crippen LogP contribution < -0.4 is 10.6 Å². The number of halogens is 1. The summed E-state index contributed by atoms with van der Waals surface area (Å²) >= 11 is 3.39. The Morgan fingerprint density at radius 2 is 2.14 bits per heavy atom. The van der Waals surface area contributed by atoms with Gasteiger partial charge >= 0.3 is 0 Å². The predicted octanol–water partition coefficient (Wildman–Crippen LogP) is 3.13. The maximum atomic E-state index is 12.2. The van der Waals surface area contributed by atoms with Crippen molar-refractivity contribution in [2.45, 2.75) is 25.8 Å². The van der Waals surface area contributed by atoms with Gasteiger partial charge in [0.2, 0.25) is 5.91 Å². The van der Waals surface area contributed by atoms with Crippen molar-refractivity contribution in [2.75, 3.05) is 32.0 Å². The minimum Gasteiger partial charge on any atom is -0.356 e. The van der Waals surface area contributed by atoms with E-state index in [1.165, 1.54) is 0 Å². The first-order valence-electron chi connectivity index (χ1n) is 9.55. The number of aromatic nitrogens is 2. The van der Waals surface area contributed by atoms with Crippen LogP contribution in [-0.4, -0.2) is 53.0 Å². The number of imidazole rings is 1. The fourth-order valence-corrected chi connectivity index (χ4v) is 3.74. The van der Waals surface area contributed by atoms with Crippen LogP contribution in [0.2, 0.25) is 0 Å². The van der Waals surface area contributed by atoms with Crippen molar-refractivity contribution in [1.82, 2.24) is 19.8 Å². The molecule has 0 spiro atoms. The maximum absolute atomic E-state index is 12.2. The second-order valence-electron chi connectivity index (χ2n) is 7.07. The summed E-state index contributed by atoms with van der Waals surface area (Å²) in [6, 6.07) is 7.93. The fourth-order valence-electron chi connectivity index (χ4n) is 3.47. The van der Waals surface area contributed by atoms with E-state index in [1.54, 1.807) is 7.05 Å². The molecule has 8 heteroatoms. The summed E-state index contributed by atoms with van der Waals surface area (Å²) in [5.41, 5.74) is 0.797. The molecule has 0 radical (unpaired) electrons. The zero-order valence-corrected chi connectivity index (χ0v) is 17.9. The Morgan fingerprint density at radius 1 is 1.36 bits per heavy atom. The van der Waals surface area contributed by atoms with Gasteiger partial charge in [-0.2, -0.15) is 0 Å². The van der Waals surface area contributed by atoms with E-state index in [0.717, 1.165) is 35.6 Å². The number of nitrogens with one attached hydrogen (secondary N) is 2. The van der Waals surface area contributed by atoms with Gasteiger partial charge in [-0.25, -0.2) is 4.98 Å². The third-order valence-electron chi connectivity index (χ3n) is 5.10. The highest BCUT2D eigenvalue weighted by atomic mass is 79.9. The first-order valence-corrected chi connectivity index (χ1v) is 10.3. The average molecular weight is 447 g/mol. The molecule has 28 heavy (non-hydrogen) atoms. The lowest BCUT2D eigenvalue weighted by molar-refractivity contribution is -0.116. The van der Waals surface area contributed by atoms with Crippen LogP contribution in [0.1, 0.15) is 25.8 Å². The smallest absolute Gasteiger partial charge is 0.226 e. The van der Waals surface area contributed by atoms with E-state index in [-0.39, 0.29) is 5.91 Å². The van der Waals surface area contributed by atoms with E-state index in [0.29, 0.717) is 24.9 Å². The normalized spacial score (nSPS) is 20.1. The number of hydrogen-bond acceptors (Lipinski definition) is 3. The molecule has 1 aliphatic rings. The number of benzene rings is 1. The number of guanidine groups is 1. The lowest BCUT2D eigenvalue weighted by Crippen LogP contribution is -2.49. The van der Waals surface area contributed by atoms with Gasteiger partial charge in [0.1, 0.15) is 0 Å². The van der Waals surface area contributed by atoms with Gasteiger partial charge in [0, 0.05) is 55.7 Å². The van der Waals surface area contributed by atoms with Gasteiger partial charge in [0.15, 0.2) is 5.96 Å². The SMILES string of the molecule is CN=C(NCCC(=O)Nc1ccc(Br)cc1)N1CCC(C)C(n2ccnc2)C1.